The number of nitrogens with zero attached hydrogens (tertiary/aromatic N) is 6. The van der Waals surface area contributed by atoms with Crippen LogP contribution < -0.4 is 38.1 Å². The number of imidazole rings is 1. The van der Waals surface area contributed by atoms with Gasteiger partial charge in [0.1, 0.15) is 59.5 Å². The minimum Gasteiger partial charge on any atom is -0.481 e. The Bertz CT molecular complexity index is 6060. The van der Waals surface area contributed by atoms with Gasteiger partial charge in [-0.05, 0) is 80.6 Å². The van der Waals surface area contributed by atoms with E-state index in [1.54, 1.807) is 113 Å². The fourth-order valence-electron chi connectivity index (χ4n) is 12.9. The lowest BCUT2D eigenvalue weighted by Crippen LogP contribution is -2.60. The van der Waals surface area contributed by atoms with Gasteiger partial charge in [0, 0.05) is 125 Å². The van der Waals surface area contributed by atoms with Crippen molar-refractivity contribution in [2.75, 3.05) is 59.5 Å². The van der Waals surface area contributed by atoms with Gasteiger partial charge in [-0.15, -0.1) is 0 Å². The highest BCUT2D eigenvalue weighted by atomic mass is 16.6. The number of aliphatic hydroxyl groups is 6. The van der Waals surface area contributed by atoms with E-state index in [0.717, 1.165) is 46.6 Å². The van der Waals surface area contributed by atoms with E-state index in [9.17, 15) is 67.4 Å². The molecular formula is C88H95BN13O25. The number of nitrogens with two attached hydrogens (primary N) is 1. The van der Waals surface area contributed by atoms with Crippen LogP contribution in [0.5, 0.6) is 0 Å². The zero-order valence-corrected chi connectivity index (χ0v) is 69.8. The summed E-state index contributed by atoms with van der Waals surface area (Å²) in [6, 6.07) is 27.4. The van der Waals surface area contributed by atoms with Crippen molar-refractivity contribution in [2.24, 2.45) is 35.3 Å². The van der Waals surface area contributed by atoms with Crippen LogP contribution in [0.4, 0.5) is 0 Å². The molecule has 39 heteroatoms. The molecule has 17 N–H and O–H groups in total. The van der Waals surface area contributed by atoms with E-state index in [-0.39, 0.29) is 60.7 Å². The van der Waals surface area contributed by atoms with Crippen molar-refractivity contribution in [1.82, 2.24) is 60.1 Å². The molecule has 0 fully saturated rings. The number of pyridine rings is 8. The number of ether oxygens (including phenoxy) is 3. The first-order chi connectivity index (χ1) is 60.2. The lowest BCUT2D eigenvalue weighted by molar-refractivity contribution is -0.144. The second-order valence-corrected chi connectivity index (χ2v) is 30.0. The van der Waals surface area contributed by atoms with Crippen LogP contribution >= 0.6 is 0 Å². The first kappa shape index (κ1) is 98.2. The number of carbonyl (C=O) groups excluding carboxylic acids is 6. The zero-order valence-electron chi connectivity index (χ0n) is 69.8. The highest BCUT2D eigenvalue weighted by Crippen LogP contribution is 2.27. The summed E-state index contributed by atoms with van der Waals surface area (Å²) in [7, 11) is 0. The summed E-state index contributed by atoms with van der Waals surface area (Å²) in [6.07, 6.45) is 16.8. The molecule has 0 saturated heterocycles. The summed E-state index contributed by atoms with van der Waals surface area (Å²) in [5, 5.41) is 88.1. The highest BCUT2D eigenvalue weighted by Gasteiger charge is 2.41. The predicted octanol–water partition coefficient (Wildman–Crippen LogP) is 5.03. The second-order valence-electron chi connectivity index (χ2n) is 30.0. The van der Waals surface area contributed by atoms with Gasteiger partial charge in [-0.25, -0.2) is 19.4 Å². The number of carboxylic acids is 3. The molecule has 38 nitrogen and oxygen atoms in total. The molecule has 0 saturated carbocycles. The number of nitrogens with one attached hydrogen (secondary N) is 6. The Morgan fingerprint density at radius 1 is 0.417 bits per heavy atom. The number of aliphatic carboxylic acids is 3. The van der Waals surface area contributed by atoms with Crippen molar-refractivity contribution in [2.45, 2.75) is 90.3 Å². The van der Waals surface area contributed by atoms with E-state index in [1.165, 1.54) is 54.6 Å². The summed E-state index contributed by atoms with van der Waals surface area (Å²) in [5.74, 6) is -11.6. The van der Waals surface area contributed by atoms with Crippen LogP contribution in [-0.2, 0) is 38.2 Å². The molecule has 665 valence electrons. The Kier molecular flexibility index (Phi) is 34.3. The fraction of sp³-hybridized carbons (Fsp3) is 0.318. The number of esters is 3. The quantitative estimate of drug-likeness (QED) is 0.0121. The molecule has 5 unspecified atom stereocenters. The van der Waals surface area contributed by atoms with E-state index in [0.29, 0.717) is 55.9 Å². The average Bonchev–Trinajstić information content (AvgIpc) is 0.902. The SMILES string of the molecule is CCC(C)C(=O)O.CCC(CC(C)C(=O)NC(CO)(CO)CO)C(=O)O.CCC(CC(C)C(=O)NC(COC(=O)c1c[nH]c2c(ccc3cccnc32)c1=O)(COC(=O)c1c[nH]c2c(ccc3cccnc32)c1=O)COC(=O)c1c[nH]c2c(ccc3cccnc32)c1=O)C(=O)O.NC(CO)(CO)CO.O=C(c1c[nH]c2c(ccc3cccnc32)c1=O)n1ccnc1.[B]. The summed E-state index contributed by atoms with van der Waals surface area (Å²) in [5.41, 5.74) is 0.177. The average molecular weight is 1750 g/mol. The standard InChI is InChI=1S/C51H41N7O12.C16H10N4O2.C12H23NO6.C5H10O2.C4H11NO3.B/c1-3-27(47(63)64)19-26(2)46(62)58-51(23-68-48(65)34-20-55-40-31(43(34)59)13-10-28-7-4-16-52-37(28)40,24-69-49(66)35-21-56-41-32(44(35)60)14-11-29-8-5-17-53-38(29)41)25-70-50(67)36-22-57-42-33(45(36)61)15-12-30-9-6-18-54-39(30)42;21-15-11-4-3-10-2-1-5-18-13(10)14(11)19-8-12(15)16(22)20-7-6-17-9-20;1-3-9(11(18)19)4-8(2)10(17)13-12(5-14,6-15)7-16;1-3-4(2)5(6)7;5-4(1-6,2-7)3-8;/h4-18,20-22,26-27H,3,19,23-25H2,1-2H3,(H,55,59)(H,56,60)(H,57,61)(H,58,62)(H,63,64);1-9H,(H,19,21);8-9,14-16H,3-7H2,1-2H3,(H,13,17)(H,18,19);4H,3H2,1-2H3,(H,6,7);6-8H,1-3,5H2;. The molecule has 9 aromatic heterocycles. The topological polar surface area (TPSA) is 614 Å². The Morgan fingerprint density at radius 3 is 0.976 bits per heavy atom. The number of aromatic nitrogens is 10. The van der Waals surface area contributed by atoms with E-state index in [2.05, 4.69) is 55.5 Å². The van der Waals surface area contributed by atoms with E-state index in [1.807, 2.05) is 25.1 Å². The van der Waals surface area contributed by atoms with Gasteiger partial charge in [0.25, 0.3) is 5.91 Å². The molecule has 9 heterocycles. The number of carbonyl (C=O) groups is 9. The lowest BCUT2D eigenvalue weighted by atomic mass is 9.92. The smallest absolute Gasteiger partial charge is 0.343 e. The van der Waals surface area contributed by atoms with E-state index in [4.69, 9.17) is 60.8 Å². The second kappa shape index (κ2) is 44.4. The van der Waals surface area contributed by atoms with Crippen LogP contribution in [-0.4, -0.2) is 233 Å². The molecule has 13 rings (SSSR count). The largest absolute Gasteiger partial charge is 0.481 e. The molecule has 0 spiro atoms. The molecule has 0 aliphatic carbocycles. The number of amides is 2. The molecule has 4 aromatic carbocycles. The van der Waals surface area contributed by atoms with Gasteiger partial charge in [-0.1, -0.05) is 90.1 Å². The number of aromatic amines is 4. The fourth-order valence-corrected chi connectivity index (χ4v) is 12.9. The zero-order chi connectivity index (χ0) is 91.9. The number of hydrogen-bond acceptors (Lipinski definition) is 28. The number of rotatable bonds is 30. The first-order valence-electron chi connectivity index (χ1n) is 39.6. The maximum Gasteiger partial charge on any atom is 0.343 e. The number of H-pyrrole nitrogens is 4. The van der Waals surface area contributed by atoms with Crippen molar-refractivity contribution in [3.8, 4) is 0 Å². The van der Waals surface area contributed by atoms with Crippen LogP contribution in [0.15, 0.2) is 185 Å². The number of aliphatic hydroxyl groups excluding tert-OH is 6. The van der Waals surface area contributed by atoms with Gasteiger partial charge < -0.3 is 96.5 Å². The molecule has 5 atom stereocenters. The molecule has 2 amide bonds. The van der Waals surface area contributed by atoms with Gasteiger partial charge in [0.05, 0.1) is 107 Å². The van der Waals surface area contributed by atoms with E-state index < -0.39 is 186 Å². The minimum atomic E-state index is -2.23. The molecule has 3 radical (unpaired) electrons. The van der Waals surface area contributed by atoms with Crippen LogP contribution in [0, 0.1) is 29.6 Å². The Balaban J connectivity index is 0.000000280. The number of carboxylic acid groups (broad SMARTS) is 3. The Hall–Kier alpha value is -14.2. The maximum absolute atomic E-state index is 14.2. The molecule has 0 aliphatic heterocycles. The molecule has 13 aromatic rings. The maximum atomic E-state index is 14.2. The van der Waals surface area contributed by atoms with Gasteiger partial charge in [-0.3, -0.25) is 72.4 Å². The van der Waals surface area contributed by atoms with Crippen molar-refractivity contribution < 1.29 is 103 Å². The van der Waals surface area contributed by atoms with Gasteiger partial charge in [-0.2, -0.15) is 0 Å². The van der Waals surface area contributed by atoms with Crippen molar-refractivity contribution >= 4 is 149 Å². The molecule has 0 bridgehead atoms. The molecule has 0 aliphatic rings. The van der Waals surface area contributed by atoms with Crippen molar-refractivity contribution in [3.63, 3.8) is 0 Å². The van der Waals surface area contributed by atoms with Crippen LogP contribution in [0.25, 0.3) is 87.2 Å². The Labute approximate surface area is 722 Å². The third-order valence-corrected chi connectivity index (χ3v) is 21.1. The Morgan fingerprint density at radius 2 is 0.724 bits per heavy atom. The summed E-state index contributed by atoms with van der Waals surface area (Å²) in [4.78, 5) is 200. The van der Waals surface area contributed by atoms with Gasteiger partial charge in [0.15, 0.2) is 0 Å². The van der Waals surface area contributed by atoms with Crippen LogP contribution in [0.1, 0.15) is 115 Å². The first-order valence-corrected chi connectivity index (χ1v) is 39.6. The summed E-state index contributed by atoms with van der Waals surface area (Å²) < 4.78 is 18.5. The molecular weight excluding hydrogens is 1650 g/mol. The van der Waals surface area contributed by atoms with Crippen molar-refractivity contribution in [3.05, 3.63) is 229 Å². The number of benzene rings is 4. The van der Waals surface area contributed by atoms with Crippen LogP contribution in [0.3, 0.4) is 0 Å². The summed E-state index contributed by atoms with van der Waals surface area (Å²) in [6.45, 7) is 4.07. The monoisotopic (exact) mass is 1740 g/mol. The highest BCUT2D eigenvalue weighted by molar-refractivity contribution is 6.08. The summed E-state index contributed by atoms with van der Waals surface area (Å²) >= 11 is 0. The van der Waals surface area contributed by atoms with Gasteiger partial charge >= 0.3 is 35.8 Å². The normalized spacial score (nSPS) is 12.5. The third-order valence-electron chi connectivity index (χ3n) is 21.1. The van der Waals surface area contributed by atoms with Crippen molar-refractivity contribution in [1.29, 1.82) is 0 Å². The number of hydrogen-bond donors (Lipinski definition) is 16. The lowest BCUT2D eigenvalue weighted by Gasteiger charge is -2.34. The van der Waals surface area contributed by atoms with E-state index >= 15 is 0 Å². The minimum absolute atomic E-state index is 0. The third kappa shape index (κ3) is 23.2. The van der Waals surface area contributed by atoms with Crippen LogP contribution in [0.2, 0.25) is 0 Å². The predicted molar refractivity (Wildman–Crippen MR) is 467 cm³/mol. The van der Waals surface area contributed by atoms with Gasteiger partial charge in [0.2, 0.25) is 33.5 Å². The number of fused-ring (bicyclic) bond motifs is 12. The molecule has 127 heavy (non-hydrogen) atoms.